The molecule has 2 atom stereocenters. The van der Waals surface area contributed by atoms with Crippen molar-refractivity contribution in [3.8, 4) is 0 Å². The van der Waals surface area contributed by atoms with Crippen molar-refractivity contribution >= 4 is 27.7 Å². The van der Waals surface area contributed by atoms with Crippen molar-refractivity contribution in [2.45, 2.75) is 45.0 Å². The quantitative estimate of drug-likeness (QED) is 0.629. The highest BCUT2D eigenvalue weighted by Gasteiger charge is 2.36. The van der Waals surface area contributed by atoms with Crippen LogP contribution in [0.4, 0.5) is 0 Å². The van der Waals surface area contributed by atoms with Crippen molar-refractivity contribution in [1.29, 1.82) is 0 Å². The topological polar surface area (TPSA) is 35.2 Å². The number of hydrogen-bond acceptors (Lipinski definition) is 4. The lowest BCUT2D eigenvalue weighted by atomic mass is 10.1. The molecule has 0 radical (unpaired) electrons. The average molecular weight is 391 g/mol. The fourth-order valence-corrected chi connectivity index (χ4v) is 5.37. The molecule has 0 amide bonds. The second-order valence-electron chi connectivity index (χ2n) is 7.85. The maximum Gasteiger partial charge on any atom is 0.126 e. The van der Waals surface area contributed by atoms with E-state index in [1.165, 1.54) is 28.0 Å². The number of hydrogen-bond donors (Lipinski definition) is 1. The predicted molar refractivity (Wildman–Crippen MR) is 118 cm³/mol. The van der Waals surface area contributed by atoms with E-state index in [4.69, 9.17) is 4.98 Å². The van der Waals surface area contributed by atoms with E-state index >= 15 is 0 Å². The molecular formula is C23H26N4S. The Bertz CT molecular complexity index is 1000. The first kappa shape index (κ1) is 17.8. The second kappa shape index (κ2) is 6.98. The molecule has 2 aliphatic rings. The Morgan fingerprint density at radius 1 is 1.11 bits per heavy atom. The van der Waals surface area contributed by atoms with E-state index < -0.39 is 0 Å². The maximum atomic E-state index is 4.97. The van der Waals surface area contributed by atoms with Crippen LogP contribution < -0.4 is 0 Å². The first-order chi connectivity index (χ1) is 13.6. The van der Waals surface area contributed by atoms with Crippen LogP contribution in [0, 0.1) is 13.8 Å². The monoisotopic (exact) mass is 390 g/mol. The molecule has 0 bridgehead atoms. The lowest BCUT2D eigenvalue weighted by Crippen LogP contribution is -2.41. The number of aromatic nitrogens is 2. The van der Waals surface area contributed by atoms with Crippen LogP contribution in [0.1, 0.15) is 48.3 Å². The summed E-state index contributed by atoms with van der Waals surface area (Å²) in [5.74, 6) is 1.09. The van der Waals surface area contributed by atoms with Gasteiger partial charge in [0.2, 0.25) is 0 Å². The third-order valence-corrected chi connectivity index (χ3v) is 7.08. The van der Waals surface area contributed by atoms with Gasteiger partial charge in [0.1, 0.15) is 5.82 Å². The van der Waals surface area contributed by atoms with E-state index in [2.05, 4.69) is 84.4 Å². The molecular weight excluding hydrogens is 364 g/mol. The van der Waals surface area contributed by atoms with Crippen molar-refractivity contribution in [1.82, 2.24) is 20.0 Å². The average Bonchev–Trinajstić information content (AvgIpc) is 3.40. The Kier molecular flexibility index (Phi) is 4.44. The number of nitrogens with one attached hydrogen (secondary N) is 1. The highest BCUT2D eigenvalue weighted by atomic mass is 32.2. The molecule has 4 nitrogen and oxygen atoms in total. The number of hydrazine groups is 1. The highest BCUT2D eigenvalue weighted by molar-refractivity contribution is 8.09. The minimum absolute atomic E-state index is 0.308. The minimum Gasteiger partial charge on any atom is -0.341 e. The van der Waals surface area contributed by atoms with Gasteiger partial charge in [0.05, 0.1) is 22.4 Å². The van der Waals surface area contributed by atoms with Gasteiger partial charge in [-0.25, -0.2) is 9.99 Å². The van der Waals surface area contributed by atoms with Crippen LogP contribution in [0.15, 0.2) is 48.7 Å². The van der Waals surface area contributed by atoms with E-state index in [1.807, 2.05) is 11.8 Å². The second-order valence-corrected chi connectivity index (χ2v) is 9.21. The van der Waals surface area contributed by atoms with Crippen molar-refractivity contribution in [3.63, 3.8) is 0 Å². The molecule has 1 fully saturated rings. The van der Waals surface area contributed by atoms with Gasteiger partial charge in [0.15, 0.2) is 0 Å². The molecule has 3 heterocycles. The van der Waals surface area contributed by atoms with Crippen LogP contribution in [-0.2, 0) is 0 Å². The number of aryl methyl sites for hydroxylation is 2. The molecule has 0 aliphatic carbocycles. The Labute approximate surface area is 170 Å². The summed E-state index contributed by atoms with van der Waals surface area (Å²) in [7, 11) is 0. The predicted octanol–water partition coefficient (Wildman–Crippen LogP) is 5.63. The lowest BCUT2D eigenvalue weighted by molar-refractivity contribution is 0.00255. The van der Waals surface area contributed by atoms with Crippen LogP contribution in [0.5, 0.6) is 0 Å². The van der Waals surface area contributed by atoms with Crippen molar-refractivity contribution < 1.29 is 0 Å². The summed E-state index contributed by atoms with van der Waals surface area (Å²) in [6, 6.07) is 15.4. The van der Waals surface area contributed by atoms with Crippen molar-refractivity contribution in [2.75, 3.05) is 6.54 Å². The molecule has 0 saturated carbocycles. The summed E-state index contributed by atoms with van der Waals surface area (Å²) in [4.78, 5) is 9.92. The summed E-state index contributed by atoms with van der Waals surface area (Å²) in [5, 5.41) is 5.32. The fraction of sp³-hybridized carbons (Fsp3) is 0.348. The van der Waals surface area contributed by atoms with Crippen LogP contribution in [0.25, 0.3) is 15.9 Å². The number of nitrogens with zero attached hydrogens (tertiary/aromatic N) is 3. The SMILES string of the molecule is Cc1cc2nc(C3CCCN3N3C=C(c4ccccc4)SC3C)[nH]c2cc1C. The zero-order chi connectivity index (χ0) is 19.3. The molecule has 0 spiro atoms. The van der Waals surface area contributed by atoms with Gasteiger partial charge in [0, 0.05) is 17.6 Å². The largest absolute Gasteiger partial charge is 0.341 e. The summed E-state index contributed by atoms with van der Waals surface area (Å²) >= 11 is 1.93. The molecule has 5 rings (SSSR count). The number of H-pyrrole nitrogens is 1. The van der Waals surface area contributed by atoms with E-state index in [9.17, 15) is 0 Å². The van der Waals surface area contributed by atoms with Gasteiger partial charge in [-0.2, -0.15) is 0 Å². The molecule has 1 saturated heterocycles. The third kappa shape index (κ3) is 3.03. The van der Waals surface area contributed by atoms with Gasteiger partial charge in [-0.05, 0) is 62.4 Å². The van der Waals surface area contributed by atoms with Crippen molar-refractivity contribution in [2.24, 2.45) is 0 Å². The standard InChI is InChI=1S/C23H26N4S/c1-15-12-19-20(13-16(15)2)25-23(24-19)21-10-7-11-26(21)27-14-22(28-17(27)3)18-8-5-4-6-9-18/h4-6,8-9,12-14,17,21H,7,10-11H2,1-3H3,(H,24,25). The Balaban J connectivity index is 1.46. The van der Waals surface area contributed by atoms with Gasteiger partial charge >= 0.3 is 0 Å². The summed E-state index contributed by atoms with van der Waals surface area (Å²) < 4.78 is 0. The van der Waals surface area contributed by atoms with Gasteiger partial charge in [-0.15, -0.1) is 0 Å². The van der Waals surface area contributed by atoms with Crippen LogP contribution in [0.3, 0.4) is 0 Å². The van der Waals surface area contributed by atoms with E-state index in [-0.39, 0.29) is 0 Å². The van der Waals surface area contributed by atoms with Gasteiger partial charge in [-0.1, -0.05) is 42.1 Å². The molecule has 1 N–H and O–H groups in total. The molecule has 144 valence electrons. The first-order valence-electron chi connectivity index (χ1n) is 10.1. The number of imidazole rings is 1. The summed E-state index contributed by atoms with van der Waals surface area (Å²) in [5.41, 5.74) is 6.13. The molecule has 2 aliphatic heterocycles. The fourth-order valence-electron chi connectivity index (χ4n) is 4.27. The van der Waals surface area contributed by atoms with Crippen molar-refractivity contribution in [3.05, 3.63) is 71.2 Å². The molecule has 3 aromatic rings. The van der Waals surface area contributed by atoms with Crippen LogP contribution >= 0.6 is 11.8 Å². The van der Waals surface area contributed by atoms with E-state index in [0.717, 1.165) is 29.8 Å². The molecule has 1 aromatic heterocycles. The van der Waals surface area contributed by atoms with Crippen LogP contribution in [0.2, 0.25) is 0 Å². The molecule has 28 heavy (non-hydrogen) atoms. The number of rotatable bonds is 3. The third-order valence-electron chi connectivity index (χ3n) is 5.93. The van der Waals surface area contributed by atoms with E-state index in [0.29, 0.717) is 11.4 Å². The van der Waals surface area contributed by atoms with Gasteiger partial charge < -0.3 is 4.98 Å². The normalized spacial score (nSPS) is 23.0. The molecule has 2 unspecified atom stereocenters. The Morgan fingerprint density at radius 3 is 2.71 bits per heavy atom. The summed E-state index contributed by atoms with van der Waals surface area (Å²) in [6.45, 7) is 7.68. The first-order valence-corrected chi connectivity index (χ1v) is 10.9. The number of fused-ring (bicyclic) bond motifs is 1. The number of thioether (sulfide) groups is 1. The zero-order valence-corrected chi connectivity index (χ0v) is 17.5. The number of benzene rings is 2. The smallest absolute Gasteiger partial charge is 0.126 e. The Morgan fingerprint density at radius 2 is 1.89 bits per heavy atom. The lowest BCUT2D eigenvalue weighted by Gasteiger charge is -2.35. The highest BCUT2D eigenvalue weighted by Crippen LogP contribution is 2.43. The molecule has 5 heteroatoms. The summed E-state index contributed by atoms with van der Waals surface area (Å²) in [6.07, 6.45) is 4.66. The molecule has 2 aromatic carbocycles. The minimum atomic E-state index is 0.308. The zero-order valence-electron chi connectivity index (χ0n) is 16.6. The maximum absolute atomic E-state index is 4.97. The Hall–Kier alpha value is -2.24. The van der Waals surface area contributed by atoms with E-state index in [1.54, 1.807) is 0 Å². The van der Waals surface area contributed by atoms with Gasteiger partial charge in [0.25, 0.3) is 0 Å². The number of aromatic amines is 1. The van der Waals surface area contributed by atoms with Gasteiger partial charge in [-0.3, -0.25) is 5.01 Å². The van der Waals surface area contributed by atoms with Crippen LogP contribution in [-0.4, -0.2) is 31.9 Å².